The Morgan fingerprint density at radius 2 is 1.86 bits per heavy atom. The van der Waals surface area contributed by atoms with E-state index in [0.717, 1.165) is 5.56 Å². The number of ketones is 1. The van der Waals surface area contributed by atoms with Gasteiger partial charge in [0.25, 0.3) is 5.91 Å². The van der Waals surface area contributed by atoms with Gasteiger partial charge in [-0.25, -0.2) is 4.79 Å². The standard InChI is InChI=1S/C21H19N3O4/c1-13-6-5-7-15(10-13)20(26)24-18-9-4-3-8-16(18)21(27)28-12-19(25)17(11-22)14(2)23/h3-10H,12,23H2,1-2H3,(H,24,26)/b17-14-. The third kappa shape index (κ3) is 5.05. The topological polar surface area (TPSA) is 122 Å². The molecule has 0 bridgehead atoms. The first-order valence-electron chi connectivity index (χ1n) is 8.37. The molecule has 0 unspecified atom stereocenters. The molecular weight excluding hydrogens is 358 g/mol. The molecule has 3 N–H and O–H groups in total. The number of ether oxygens (including phenoxy) is 1. The van der Waals surface area contributed by atoms with Crippen molar-refractivity contribution >= 4 is 23.3 Å². The van der Waals surface area contributed by atoms with Crippen molar-refractivity contribution in [3.63, 3.8) is 0 Å². The van der Waals surface area contributed by atoms with Crippen LogP contribution in [0.5, 0.6) is 0 Å². The van der Waals surface area contributed by atoms with E-state index in [1.165, 1.54) is 13.0 Å². The Bertz CT molecular complexity index is 999. The molecule has 0 spiro atoms. The number of hydrogen-bond donors (Lipinski definition) is 2. The number of para-hydroxylation sites is 1. The van der Waals surface area contributed by atoms with Crippen molar-refractivity contribution in [2.24, 2.45) is 5.73 Å². The average Bonchev–Trinajstić information content (AvgIpc) is 2.66. The number of nitriles is 1. The van der Waals surface area contributed by atoms with E-state index in [0.29, 0.717) is 5.56 Å². The van der Waals surface area contributed by atoms with Crippen LogP contribution in [0.4, 0.5) is 5.69 Å². The molecule has 2 aromatic rings. The van der Waals surface area contributed by atoms with Crippen LogP contribution in [0.3, 0.4) is 0 Å². The number of amides is 1. The molecule has 28 heavy (non-hydrogen) atoms. The lowest BCUT2D eigenvalue weighted by atomic mass is 10.1. The molecule has 7 heteroatoms. The molecule has 2 aromatic carbocycles. The number of nitrogens with zero attached hydrogens (tertiary/aromatic N) is 1. The lowest BCUT2D eigenvalue weighted by Gasteiger charge is -2.11. The molecule has 0 aliphatic rings. The smallest absolute Gasteiger partial charge is 0.340 e. The van der Waals surface area contributed by atoms with E-state index in [2.05, 4.69) is 5.32 Å². The molecule has 7 nitrogen and oxygen atoms in total. The van der Waals surface area contributed by atoms with Crippen molar-refractivity contribution in [3.8, 4) is 6.07 Å². The van der Waals surface area contributed by atoms with Gasteiger partial charge < -0.3 is 15.8 Å². The first-order valence-corrected chi connectivity index (χ1v) is 8.37. The van der Waals surface area contributed by atoms with Gasteiger partial charge in [0, 0.05) is 11.3 Å². The number of hydrogen-bond acceptors (Lipinski definition) is 6. The number of Topliss-reactive ketones (excluding diaryl/α,β-unsaturated/α-hetero) is 1. The van der Waals surface area contributed by atoms with E-state index in [-0.39, 0.29) is 28.4 Å². The fraction of sp³-hybridized carbons (Fsp3) is 0.143. The number of nitrogens with one attached hydrogen (secondary N) is 1. The van der Waals surface area contributed by atoms with Crippen molar-refractivity contribution in [1.82, 2.24) is 0 Å². The van der Waals surface area contributed by atoms with Gasteiger partial charge in [0.2, 0.25) is 5.78 Å². The summed E-state index contributed by atoms with van der Waals surface area (Å²) in [5.74, 6) is -1.88. The second-order valence-corrected chi connectivity index (χ2v) is 6.04. The fourth-order valence-electron chi connectivity index (χ4n) is 2.40. The van der Waals surface area contributed by atoms with Gasteiger partial charge in [-0.2, -0.15) is 5.26 Å². The Morgan fingerprint density at radius 3 is 2.50 bits per heavy atom. The van der Waals surface area contributed by atoms with Crippen molar-refractivity contribution in [1.29, 1.82) is 5.26 Å². The summed E-state index contributed by atoms with van der Waals surface area (Å²) in [6, 6.07) is 15.0. The number of aryl methyl sites for hydroxylation is 1. The van der Waals surface area contributed by atoms with Gasteiger partial charge in [-0.3, -0.25) is 9.59 Å². The second-order valence-electron chi connectivity index (χ2n) is 6.04. The normalized spacial score (nSPS) is 11.0. The lowest BCUT2D eigenvalue weighted by molar-refractivity contribution is -0.118. The average molecular weight is 377 g/mol. The van der Waals surface area contributed by atoms with Crippen molar-refractivity contribution in [2.75, 3.05) is 11.9 Å². The van der Waals surface area contributed by atoms with Gasteiger partial charge in [-0.1, -0.05) is 29.8 Å². The number of carbonyl (C=O) groups excluding carboxylic acids is 3. The summed E-state index contributed by atoms with van der Waals surface area (Å²) in [6.45, 7) is 2.65. The molecule has 0 saturated heterocycles. The molecule has 0 aromatic heterocycles. The van der Waals surface area contributed by atoms with E-state index >= 15 is 0 Å². The molecule has 142 valence electrons. The Morgan fingerprint density at radius 1 is 1.14 bits per heavy atom. The second kappa shape index (κ2) is 9.14. The van der Waals surface area contributed by atoms with Gasteiger partial charge in [0.15, 0.2) is 6.61 Å². The summed E-state index contributed by atoms with van der Waals surface area (Å²) in [6.07, 6.45) is 0. The highest BCUT2D eigenvalue weighted by molar-refractivity contribution is 6.08. The lowest BCUT2D eigenvalue weighted by Crippen LogP contribution is -2.19. The van der Waals surface area contributed by atoms with Gasteiger partial charge in [0.1, 0.15) is 11.6 Å². The third-order valence-corrected chi connectivity index (χ3v) is 3.79. The van der Waals surface area contributed by atoms with Crippen molar-refractivity contribution in [3.05, 3.63) is 76.5 Å². The van der Waals surface area contributed by atoms with Crippen LogP contribution in [-0.4, -0.2) is 24.3 Å². The number of rotatable bonds is 6. The summed E-state index contributed by atoms with van der Waals surface area (Å²) >= 11 is 0. The summed E-state index contributed by atoms with van der Waals surface area (Å²) in [4.78, 5) is 36.7. The van der Waals surface area contributed by atoms with Gasteiger partial charge in [0.05, 0.1) is 11.3 Å². The quantitative estimate of drug-likeness (QED) is 0.453. The summed E-state index contributed by atoms with van der Waals surface area (Å²) < 4.78 is 4.99. The number of carbonyl (C=O) groups is 3. The van der Waals surface area contributed by atoms with Gasteiger partial charge >= 0.3 is 5.97 Å². The fourth-order valence-corrected chi connectivity index (χ4v) is 2.40. The van der Waals surface area contributed by atoms with Crippen LogP contribution < -0.4 is 11.1 Å². The summed E-state index contributed by atoms with van der Waals surface area (Å²) in [5.41, 5.74) is 6.96. The maximum atomic E-state index is 12.4. The zero-order chi connectivity index (χ0) is 20.7. The van der Waals surface area contributed by atoms with Crippen LogP contribution in [0, 0.1) is 18.3 Å². The minimum Gasteiger partial charge on any atom is -0.454 e. The van der Waals surface area contributed by atoms with Gasteiger partial charge in [-0.15, -0.1) is 0 Å². The maximum absolute atomic E-state index is 12.4. The van der Waals surface area contributed by atoms with Crippen LogP contribution in [0.15, 0.2) is 59.8 Å². The SMILES string of the molecule is C/C(N)=C(\C#N)C(=O)COC(=O)c1ccccc1NC(=O)c1cccc(C)c1. The molecule has 0 radical (unpaired) electrons. The van der Waals surface area contributed by atoms with E-state index < -0.39 is 18.4 Å². The van der Waals surface area contributed by atoms with Crippen LogP contribution in [0.2, 0.25) is 0 Å². The monoisotopic (exact) mass is 377 g/mol. The molecule has 2 rings (SSSR count). The zero-order valence-electron chi connectivity index (χ0n) is 15.5. The van der Waals surface area contributed by atoms with E-state index in [9.17, 15) is 14.4 Å². The van der Waals surface area contributed by atoms with Crippen LogP contribution in [0.1, 0.15) is 33.2 Å². The number of benzene rings is 2. The number of allylic oxidation sites excluding steroid dienone is 1. The predicted molar refractivity (Wildman–Crippen MR) is 103 cm³/mol. The highest BCUT2D eigenvalue weighted by Crippen LogP contribution is 2.18. The number of nitrogens with two attached hydrogens (primary N) is 1. The first kappa shape index (κ1) is 20.4. The molecular formula is C21H19N3O4. The Labute approximate surface area is 162 Å². The Hall–Kier alpha value is -3.92. The van der Waals surface area contributed by atoms with Crippen molar-refractivity contribution in [2.45, 2.75) is 13.8 Å². The molecule has 0 heterocycles. The summed E-state index contributed by atoms with van der Waals surface area (Å²) in [5, 5.41) is 11.6. The van der Waals surface area contributed by atoms with Gasteiger partial charge in [-0.05, 0) is 38.1 Å². The zero-order valence-corrected chi connectivity index (χ0v) is 15.5. The molecule has 0 aliphatic carbocycles. The highest BCUT2D eigenvalue weighted by atomic mass is 16.5. The Balaban J connectivity index is 2.14. The number of anilines is 1. The minimum absolute atomic E-state index is 0.0503. The highest BCUT2D eigenvalue weighted by Gasteiger charge is 2.18. The molecule has 0 aliphatic heterocycles. The molecule has 0 atom stereocenters. The largest absolute Gasteiger partial charge is 0.454 e. The van der Waals surface area contributed by atoms with Crippen LogP contribution in [0.25, 0.3) is 0 Å². The summed E-state index contributed by atoms with van der Waals surface area (Å²) in [7, 11) is 0. The van der Waals surface area contributed by atoms with E-state index in [4.69, 9.17) is 15.7 Å². The number of esters is 1. The third-order valence-electron chi connectivity index (χ3n) is 3.79. The molecule has 0 fully saturated rings. The van der Waals surface area contributed by atoms with E-state index in [1.54, 1.807) is 42.5 Å². The molecule has 1 amide bonds. The minimum atomic E-state index is -0.805. The predicted octanol–water partition coefficient (Wildman–Crippen LogP) is 2.73. The van der Waals surface area contributed by atoms with Crippen molar-refractivity contribution < 1.29 is 19.1 Å². The Kier molecular flexibility index (Phi) is 6.66. The van der Waals surface area contributed by atoms with E-state index in [1.807, 2.05) is 13.0 Å². The first-order chi connectivity index (χ1) is 13.3. The van der Waals surface area contributed by atoms with Crippen LogP contribution >= 0.6 is 0 Å². The van der Waals surface area contributed by atoms with Crippen LogP contribution in [-0.2, 0) is 9.53 Å². The maximum Gasteiger partial charge on any atom is 0.340 e. The molecule has 0 saturated carbocycles.